The number of aliphatic imine (C=N–C) groups is 1. The fourth-order valence-corrected chi connectivity index (χ4v) is 2.14. The predicted molar refractivity (Wildman–Crippen MR) is 105 cm³/mol. The van der Waals surface area contributed by atoms with E-state index in [4.69, 9.17) is 8.83 Å². The summed E-state index contributed by atoms with van der Waals surface area (Å²) in [6.45, 7) is 3.92. The van der Waals surface area contributed by atoms with Crippen LogP contribution in [-0.4, -0.2) is 34.2 Å². The average molecular weight is 456 g/mol. The second kappa shape index (κ2) is 9.87. The summed E-state index contributed by atoms with van der Waals surface area (Å²) < 4.78 is 10.6. The molecule has 0 bridgehead atoms. The number of rotatable bonds is 7. The molecule has 25 heavy (non-hydrogen) atoms. The van der Waals surface area contributed by atoms with E-state index in [-0.39, 0.29) is 24.0 Å². The van der Waals surface area contributed by atoms with Crippen LogP contribution in [-0.2, 0) is 13.0 Å². The third-order valence-corrected chi connectivity index (χ3v) is 3.25. The van der Waals surface area contributed by atoms with Crippen LogP contribution in [0.4, 0.5) is 0 Å². The number of hydrogen-bond donors (Lipinski definition) is 3. The molecule has 0 unspecified atom stereocenters. The van der Waals surface area contributed by atoms with Crippen molar-refractivity contribution in [2.45, 2.75) is 19.9 Å². The standard InChI is InChI=1S/C16H20N6O2.HI/c1-2-17-16(18-8-7-12-5-3-9-23-12)19-11-14-20-15(22-21-14)13-6-4-10-24-13;/h3-6,9-10H,2,7-8,11H2,1H3,(H2,17,18,19)(H,20,21,22);1H. The van der Waals surface area contributed by atoms with Gasteiger partial charge in [0.05, 0.1) is 12.5 Å². The van der Waals surface area contributed by atoms with E-state index >= 15 is 0 Å². The first kappa shape index (κ1) is 19.0. The van der Waals surface area contributed by atoms with Gasteiger partial charge >= 0.3 is 0 Å². The molecular formula is C16H21IN6O2. The Morgan fingerprint density at radius 1 is 1.20 bits per heavy atom. The average Bonchev–Trinajstić information content (AvgIpc) is 3.33. The molecule has 0 atom stereocenters. The van der Waals surface area contributed by atoms with Crippen LogP contribution in [0.2, 0.25) is 0 Å². The van der Waals surface area contributed by atoms with Gasteiger partial charge in [-0.25, -0.2) is 9.98 Å². The second-order valence-corrected chi connectivity index (χ2v) is 5.03. The van der Waals surface area contributed by atoms with E-state index in [0.29, 0.717) is 24.0 Å². The highest BCUT2D eigenvalue weighted by molar-refractivity contribution is 14.0. The molecule has 0 amide bonds. The van der Waals surface area contributed by atoms with Gasteiger partial charge in [-0.3, -0.25) is 5.10 Å². The molecule has 3 aromatic heterocycles. The van der Waals surface area contributed by atoms with Crippen LogP contribution in [0, 0.1) is 0 Å². The van der Waals surface area contributed by atoms with Crippen molar-refractivity contribution in [2.24, 2.45) is 4.99 Å². The summed E-state index contributed by atoms with van der Waals surface area (Å²) >= 11 is 0. The smallest absolute Gasteiger partial charge is 0.216 e. The molecule has 0 aromatic carbocycles. The van der Waals surface area contributed by atoms with Gasteiger partial charge in [0, 0.05) is 19.5 Å². The van der Waals surface area contributed by atoms with Crippen LogP contribution in [0.3, 0.4) is 0 Å². The molecule has 134 valence electrons. The van der Waals surface area contributed by atoms with Crippen molar-refractivity contribution in [3.63, 3.8) is 0 Å². The highest BCUT2D eigenvalue weighted by atomic mass is 127. The maximum atomic E-state index is 5.31. The predicted octanol–water partition coefficient (Wildman–Crippen LogP) is 2.57. The normalized spacial score (nSPS) is 11.2. The molecule has 8 nitrogen and oxygen atoms in total. The first-order chi connectivity index (χ1) is 11.8. The number of nitrogens with zero attached hydrogens (tertiary/aromatic N) is 3. The molecule has 0 aliphatic rings. The third-order valence-electron chi connectivity index (χ3n) is 3.25. The number of halogens is 1. The molecule has 0 saturated carbocycles. The first-order valence-electron chi connectivity index (χ1n) is 7.85. The fraction of sp³-hybridized carbons (Fsp3) is 0.312. The molecule has 0 aliphatic heterocycles. The van der Waals surface area contributed by atoms with Crippen LogP contribution in [0.25, 0.3) is 11.6 Å². The zero-order chi connectivity index (χ0) is 16.6. The molecule has 9 heteroatoms. The van der Waals surface area contributed by atoms with E-state index in [1.54, 1.807) is 18.6 Å². The summed E-state index contributed by atoms with van der Waals surface area (Å²) in [5.74, 6) is 3.49. The van der Waals surface area contributed by atoms with Crippen molar-refractivity contribution in [1.82, 2.24) is 25.8 Å². The molecule has 0 fully saturated rings. The number of hydrogen-bond acceptors (Lipinski definition) is 5. The van der Waals surface area contributed by atoms with Crippen molar-refractivity contribution >= 4 is 29.9 Å². The molecule has 0 spiro atoms. The number of furan rings is 2. The van der Waals surface area contributed by atoms with Gasteiger partial charge in [0.2, 0.25) is 5.82 Å². The minimum Gasteiger partial charge on any atom is -0.469 e. The van der Waals surface area contributed by atoms with E-state index in [9.17, 15) is 0 Å². The Morgan fingerprint density at radius 2 is 2.04 bits per heavy atom. The Morgan fingerprint density at radius 3 is 2.76 bits per heavy atom. The summed E-state index contributed by atoms with van der Waals surface area (Å²) in [5, 5.41) is 13.5. The van der Waals surface area contributed by atoms with Gasteiger partial charge in [-0.1, -0.05) is 0 Å². The maximum absolute atomic E-state index is 5.31. The lowest BCUT2D eigenvalue weighted by Gasteiger charge is -2.10. The van der Waals surface area contributed by atoms with Crippen molar-refractivity contribution in [3.8, 4) is 11.6 Å². The van der Waals surface area contributed by atoms with Crippen LogP contribution in [0.5, 0.6) is 0 Å². The molecule has 0 aliphatic carbocycles. The van der Waals surface area contributed by atoms with Gasteiger partial charge in [0.25, 0.3) is 0 Å². The van der Waals surface area contributed by atoms with Gasteiger partial charge in [-0.15, -0.1) is 29.1 Å². The largest absolute Gasteiger partial charge is 0.469 e. The van der Waals surface area contributed by atoms with Gasteiger partial charge < -0.3 is 19.5 Å². The monoisotopic (exact) mass is 456 g/mol. The molecule has 3 heterocycles. The van der Waals surface area contributed by atoms with Gasteiger partial charge in [0.1, 0.15) is 18.1 Å². The molecule has 3 N–H and O–H groups in total. The number of H-pyrrole nitrogens is 1. The van der Waals surface area contributed by atoms with Crippen molar-refractivity contribution in [3.05, 3.63) is 48.4 Å². The topological polar surface area (TPSA) is 104 Å². The van der Waals surface area contributed by atoms with E-state index in [0.717, 1.165) is 31.2 Å². The number of aromatic nitrogens is 3. The quantitative estimate of drug-likeness (QED) is 0.287. The number of guanidine groups is 1. The van der Waals surface area contributed by atoms with Crippen LogP contribution < -0.4 is 10.6 Å². The van der Waals surface area contributed by atoms with E-state index < -0.39 is 0 Å². The Hall–Kier alpha value is -2.30. The molecule has 3 rings (SSSR count). The van der Waals surface area contributed by atoms with Gasteiger partial charge in [-0.05, 0) is 31.2 Å². The SMILES string of the molecule is CCNC(=NCc1nc(-c2ccco2)n[nH]1)NCCc1ccco1.I. The van der Waals surface area contributed by atoms with Gasteiger partial charge in [0.15, 0.2) is 11.7 Å². The van der Waals surface area contributed by atoms with E-state index in [2.05, 4.69) is 30.8 Å². The van der Waals surface area contributed by atoms with Crippen LogP contribution in [0.1, 0.15) is 18.5 Å². The highest BCUT2D eigenvalue weighted by Crippen LogP contribution is 2.14. The zero-order valence-corrected chi connectivity index (χ0v) is 16.2. The summed E-state index contributed by atoms with van der Waals surface area (Å²) in [6.07, 6.45) is 4.06. The zero-order valence-electron chi connectivity index (χ0n) is 13.9. The number of aromatic amines is 1. The molecule has 3 aromatic rings. The van der Waals surface area contributed by atoms with Crippen LogP contribution in [0.15, 0.2) is 50.6 Å². The minimum atomic E-state index is 0. The lowest BCUT2D eigenvalue weighted by atomic mass is 10.3. The number of nitrogens with one attached hydrogen (secondary N) is 3. The van der Waals surface area contributed by atoms with Crippen LogP contribution >= 0.6 is 24.0 Å². The van der Waals surface area contributed by atoms with Crippen molar-refractivity contribution < 1.29 is 8.83 Å². The molecular weight excluding hydrogens is 435 g/mol. The summed E-state index contributed by atoms with van der Waals surface area (Å²) in [5.41, 5.74) is 0. The second-order valence-electron chi connectivity index (χ2n) is 5.03. The Balaban J connectivity index is 0.00000225. The third kappa shape index (κ3) is 5.62. The van der Waals surface area contributed by atoms with Crippen molar-refractivity contribution in [2.75, 3.05) is 13.1 Å². The Labute approximate surface area is 162 Å². The Kier molecular flexibility index (Phi) is 7.51. The van der Waals surface area contributed by atoms with E-state index in [1.165, 1.54) is 0 Å². The highest BCUT2D eigenvalue weighted by Gasteiger charge is 2.08. The lowest BCUT2D eigenvalue weighted by molar-refractivity contribution is 0.507. The first-order valence-corrected chi connectivity index (χ1v) is 7.85. The lowest BCUT2D eigenvalue weighted by Crippen LogP contribution is -2.38. The van der Waals surface area contributed by atoms with E-state index in [1.807, 2.05) is 25.1 Å². The maximum Gasteiger partial charge on any atom is 0.216 e. The Bertz CT molecular complexity index is 752. The fourth-order valence-electron chi connectivity index (χ4n) is 2.14. The molecule has 0 saturated heterocycles. The summed E-state index contributed by atoms with van der Waals surface area (Å²) in [7, 11) is 0. The molecule has 0 radical (unpaired) electrons. The summed E-state index contributed by atoms with van der Waals surface area (Å²) in [6, 6.07) is 7.46. The van der Waals surface area contributed by atoms with Crippen molar-refractivity contribution in [1.29, 1.82) is 0 Å². The van der Waals surface area contributed by atoms with Gasteiger partial charge in [-0.2, -0.15) is 0 Å². The minimum absolute atomic E-state index is 0. The summed E-state index contributed by atoms with van der Waals surface area (Å²) in [4.78, 5) is 8.86.